The van der Waals surface area contributed by atoms with Crippen molar-refractivity contribution < 1.29 is 9.53 Å². The molecule has 0 fully saturated rings. The maximum atomic E-state index is 12.6. The molecule has 0 spiro atoms. The summed E-state index contributed by atoms with van der Waals surface area (Å²) in [6, 6.07) is 7.02. The van der Waals surface area contributed by atoms with Gasteiger partial charge in [-0.15, -0.1) is 0 Å². The zero-order valence-electron chi connectivity index (χ0n) is 14.9. The SMILES string of the molecule is CCC(CC)n1c(=O)[nH]c2ncc(Cl)c(-c3cccc(C(=O)OC)c3)c21. The Morgan fingerprint density at radius 2 is 2.08 bits per heavy atom. The van der Waals surface area contributed by atoms with Gasteiger partial charge in [-0.3, -0.25) is 9.55 Å². The van der Waals surface area contributed by atoms with Crippen LogP contribution >= 0.6 is 11.6 Å². The lowest BCUT2D eigenvalue weighted by Gasteiger charge is -2.17. The highest BCUT2D eigenvalue weighted by Gasteiger charge is 2.21. The van der Waals surface area contributed by atoms with E-state index in [0.717, 1.165) is 18.4 Å². The van der Waals surface area contributed by atoms with Crippen LogP contribution in [0.3, 0.4) is 0 Å². The van der Waals surface area contributed by atoms with E-state index in [1.54, 1.807) is 22.8 Å². The van der Waals surface area contributed by atoms with Crippen LogP contribution in [-0.2, 0) is 4.74 Å². The van der Waals surface area contributed by atoms with Gasteiger partial charge in [-0.05, 0) is 30.5 Å². The fourth-order valence-corrected chi connectivity index (χ4v) is 3.51. The minimum absolute atomic E-state index is 0.0269. The molecule has 2 aromatic heterocycles. The number of fused-ring (bicyclic) bond motifs is 1. The molecule has 3 rings (SSSR count). The Morgan fingerprint density at radius 1 is 1.35 bits per heavy atom. The lowest BCUT2D eigenvalue weighted by Crippen LogP contribution is -2.21. The number of aromatic amines is 1. The van der Waals surface area contributed by atoms with E-state index in [4.69, 9.17) is 16.3 Å². The molecule has 1 N–H and O–H groups in total. The van der Waals surface area contributed by atoms with Gasteiger partial charge in [0.05, 0.1) is 23.2 Å². The highest BCUT2D eigenvalue weighted by atomic mass is 35.5. The number of hydrogen-bond acceptors (Lipinski definition) is 4. The van der Waals surface area contributed by atoms with Gasteiger partial charge < -0.3 is 4.74 Å². The van der Waals surface area contributed by atoms with E-state index in [9.17, 15) is 9.59 Å². The number of ether oxygens (including phenoxy) is 1. The standard InChI is InChI=1S/C19H20ClN3O3/c1-4-13(5-2)23-16-15(14(20)10-21-17(16)22-19(23)25)11-7-6-8-12(9-11)18(24)26-3/h6-10,13H,4-5H2,1-3H3,(H,21,22,25). The predicted molar refractivity (Wildman–Crippen MR) is 102 cm³/mol. The molecule has 0 radical (unpaired) electrons. The Hall–Kier alpha value is -2.60. The topological polar surface area (TPSA) is 77.0 Å². The Morgan fingerprint density at radius 3 is 2.73 bits per heavy atom. The number of H-pyrrole nitrogens is 1. The van der Waals surface area contributed by atoms with Gasteiger partial charge in [-0.1, -0.05) is 37.6 Å². The van der Waals surface area contributed by atoms with Crippen LogP contribution in [0.25, 0.3) is 22.3 Å². The number of hydrogen-bond donors (Lipinski definition) is 1. The second-order valence-corrected chi connectivity index (χ2v) is 6.43. The number of methoxy groups -OCH3 is 1. The van der Waals surface area contributed by atoms with Crippen LogP contribution in [0.4, 0.5) is 0 Å². The van der Waals surface area contributed by atoms with Gasteiger partial charge >= 0.3 is 11.7 Å². The molecular formula is C19H20ClN3O3. The average molecular weight is 374 g/mol. The summed E-state index contributed by atoms with van der Waals surface area (Å²) in [5.41, 5.74) is 2.73. The van der Waals surface area contributed by atoms with Crippen LogP contribution in [-0.4, -0.2) is 27.6 Å². The van der Waals surface area contributed by atoms with Crippen molar-refractivity contribution in [3.05, 3.63) is 51.5 Å². The fourth-order valence-electron chi connectivity index (χ4n) is 3.26. The first-order valence-corrected chi connectivity index (χ1v) is 8.87. The number of esters is 1. The number of nitrogens with zero attached hydrogens (tertiary/aromatic N) is 2. The maximum absolute atomic E-state index is 12.6. The molecule has 7 heteroatoms. The van der Waals surface area contributed by atoms with Gasteiger partial charge in [-0.25, -0.2) is 14.6 Å². The molecule has 0 aliphatic heterocycles. The van der Waals surface area contributed by atoms with E-state index in [1.807, 2.05) is 19.9 Å². The van der Waals surface area contributed by atoms with Gasteiger partial charge in [0.15, 0.2) is 5.65 Å². The number of carbonyl (C=O) groups is 1. The number of rotatable bonds is 5. The molecule has 0 aliphatic carbocycles. The zero-order chi connectivity index (χ0) is 18.8. The van der Waals surface area contributed by atoms with Crippen LogP contribution in [0.15, 0.2) is 35.3 Å². The maximum Gasteiger partial charge on any atom is 0.337 e. The summed E-state index contributed by atoms with van der Waals surface area (Å²) in [5, 5.41) is 0.415. The summed E-state index contributed by atoms with van der Waals surface area (Å²) >= 11 is 6.47. The molecule has 0 bridgehead atoms. The van der Waals surface area contributed by atoms with Gasteiger partial charge in [0.2, 0.25) is 0 Å². The lowest BCUT2D eigenvalue weighted by molar-refractivity contribution is 0.0601. The van der Waals surface area contributed by atoms with Crippen molar-refractivity contribution in [3.63, 3.8) is 0 Å². The average Bonchev–Trinajstić information content (AvgIpc) is 2.98. The zero-order valence-corrected chi connectivity index (χ0v) is 15.6. The summed E-state index contributed by atoms with van der Waals surface area (Å²) in [7, 11) is 1.34. The third kappa shape index (κ3) is 3.01. The minimum atomic E-state index is -0.431. The molecule has 0 amide bonds. The highest BCUT2D eigenvalue weighted by molar-refractivity contribution is 6.34. The van der Waals surface area contributed by atoms with Crippen molar-refractivity contribution in [1.29, 1.82) is 0 Å². The molecule has 136 valence electrons. The van der Waals surface area contributed by atoms with E-state index in [-0.39, 0.29) is 11.7 Å². The summed E-state index contributed by atoms with van der Waals surface area (Å²) < 4.78 is 6.52. The number of nitrogens with one attached hydrogen (secondary N) is 1. The molecule has 0 unspecified atom stereocenters. The molecular weight excluding hydrogens is 354 g/mol. The van der Waals surface area contributed by atoms with E-state index >= 15 is 0 Å². The monoisotopic (exact) mass is 373 g/mol. The minimum Gasteiger partial charge on any atom is -0.465 e. The van der Waals surface area contributed by atoms with Crippen molar-refractivity contribution in [1.82, 2.24) is 14.5 Å². The summed E-state index contributed by atoms with van der Waals surface area (Å²) in [5.74, 6) is -0.431. The van der Waals surface area contributed by atoms with Crippen LogP contribution in [0.2, 0.25) is 5.02 Å². The molecule has 0 atom stereocenters. The van der Waals surface area contributed by atoms with E-state index < -0.39 is 5.97 Å². The molecule has 3 aromatic rings. The smallest absolute Gasteiger partial charge is 0.337 e. The predicted octanol–water partition coefficient (Wildman–Crippen LogP) is 4.19. The summed E-state index contributed by atoms with van der Waals surface area (Å²) in [4.78, 5) is 31.5. The third-order valence-electron chi connectivity index (χ3n) is 4.57. The normalized spacial score (nSPS) is 11.3. The lowest BCUT2D eigenvalue weighted by atomic mass is 10.0. The van der Waals surface area contributed by atoms with Crippen molar-refractivity contribution in [2.45, 2.75) is 32.7 Å². The number of imidazole rings is 1. The van der Waals surface area contributed by atoms with Crippen LogP contribution < -0.4 is 5.69 Å². The third-order valence-corrected chi connectivity index (χ3v) is 4.86. The van der Waals surface area contributed by atoms with Crippen molar-refractivity contribution in [2.24, 2.45) is 0 Å². The molecule has 6 nitrogen and oxygen atoms in total. The van der Waals surface area contributed by atoms with E-state index in [1.165, 1.54) is 13.3 Å². The number of pyridine rings is 1. The molecule has 26 heavy (non-hydrogen) atoms. The number of carbonyl (C=O) groups excluding carboxylic acids is 1. The quantitative estimate of drug-likeness (QED) is 0.680. The molecule has 0 saturated carbocycles. The number of halogens is 1. The van der Waals surface area contributed by atoms with Gasteiger partial charge in [0.25, 0.3) is 0 Å². The van der Waals surface area contributed by atoms with Crippen LogP contribution in [0.5, 0.6) is 0 Å². The summed E-state index contributed by atoms with van der Waals surface area (Å²) in [6.45, 7) is 4.07. The Labute approximate surface area is 155 Å². The number of benzene rings is 1. The van der Waals surface area contributed by atoms with Crippen molar-refractivity contribution >= 4 is 28.7 Å². The highest BCUT2D eigenvalue weighted by Crippen LogP contribution is 2.35. The van der Waals surface area contributed by atoms with Crippen LogP contribution in [0, 0.1) is 0 Å². The molecule has 1 aromatic carbocycles. The Balaban J connectivity index is 2.34. The van der Waals surface area contributed by atoms with Gasteiger partial charge in [0.1, 0.15) is 0 Å². The first-order valence-electron chi connectivity index (χ1n) is 8.49. The van der Waals surface area contributed by atoms with Crippen LogP contribution in [0.1, 0.15) is 43.1 Å². The summed E-state index contributed by atoms with van der Waals surface area (Å²) in [6.07, 6.45) is 3.12. The Bertz CT molecular complexity index is 1020. The fraction of sp³-hybridized carbons (Fsp3) is 0.316. The van der Waals surface area contributed by atoms with Crippen molar-refractivity contribution in [3.8, 4) is 11.1 Å². The van der Waals surface area contributed by atoms with Gasteiger partial charge in [0, 0.05) is 17.8 Å². The molecule has 0 saturated heterocycles. The van der Waals surface area contributed by atoms with Crippen molar-refractivity contribution in [2.75, 3.05) is 7.11 Å². The number of aromatic nitrogens is 3. The molecule has 0 aliphatic rings. The van der Waals surface area contributed by atoms with Gasteiger partial charge in [-0.2, -0.15) is 0 Å². The van der Waals surface area contributed by atoms with E-state index in [0.29, 0.717) is 27.3 Å². The van der Waals surface area contributed by atoms with E-state index in [2.05, 4.69) is 9.97 Å². The first-order chi connectivity index (χ1) is 12.5. The Kier molecular flexibility index (Phi) is 5.13. The first kappa shape index (κ1) is 18.2. The molecule has 2 heterocycles. The second kappa shape index (κ2) is 7.33. The largest absolute Gasteiger partial charge is 0.465 e. The second-order valence-electron chi connectivity index (χ2n) is 6.02.